The normalized spacial score (nSPS) is 10.0. The van der Waals surface area contributed by atoms with Gasteiger partial charge in [-0.05, 0) is 33.6 Å². The summed E-state index contributed by atoms with van der Waals surface area (Å²) in [6, 6.07) is 3.62. The molecule has 0 atom stereocenters. The zero-order valence-corrected chi connectivity index (χ0v) is 12.1. The Kier molecular flexibility index (Phi) is 4.60. The molecular weight excluding hydrogens is 380 g/mol. The lowest BCUT2D eigenvalue weighted by molar-refractivity contribution is 0.0599. The number of carbonyl (C=O) groups excluding carboxylic acids is 1. The molecule has 0 fully saturated rings. The number of hydrogen-bond acceptors (Lipinski definition) is 2. The average molecular weight is 387 g/mol. The fourth-order valence-electron chi connectivity index (χ4n) is 0.957. The van der Waals surface area contributed by atoms with Gasteiger partial charge in [-0.15, -0.1) is 0 Å². The maximum absolute atomic E-state index is 11.3. The second-order valence-corrected chi connectivity index (χ2v) is 4.82. The first kappa shape index (κ1) is 12.2. The molecule has 76 valence electrons. The van der Waals surface area contributed by atoms with Crippen LogP contribution < -0.4 is 0 Å². The monoisotopic (exact) mass is 384 g/mol. The van der Waals surface area contributed by atoms with E-state index in [2.05, 4.69) is 52.5 Å². The predicted molar refractivity (Wildman–Crippen MR) is 65.8 cm³/mol. The summed E-state index contributed by atoms with van der Waals surface area (Å²) in [6.07, 6.45) is 0. The Morgan fingerprint density at radius 3 is 2.50 bits per heavy atom. The van der Waals surface area contributed by atoms with E-state index in [-0.39, 0.29) is 5.97 Å². The van der Waals surface area contributed by atoms with E-state index < -0.39 is 0 Å². The maximum Gasteiger partial charge on any atom is 0.339 e. The molecule has 0 spiro atoms. The van der Waals surface area contributed by atoms with Crippen LogP contribution in [0.5, 0.6) is 0 Å². The smallest absolute Gasteiger partial charge is 0.339 e. The van der Waals surface area contributed by atoms with E-state index in [1.165, 1.54) is 7.11 Å². The fraction of sp³-hybridized carbons (Fsp3) is 0.222. The zero-order chi connectivity index (χ0) is 10.7. The minimum Gasteiger partial charge on any atom is -0.465 e. The van der Waals surface area contributed by atoms with Gasteiger partial charge >= 0.3 is 5.97 Å². The molecule has 1 aromatic carbocycles. The summed E-state index contributed by atoms with van der Waals surface area (Å²) in [7, 11) is 1.36. The van der Waals surface area contributed by atoms with Crippen LogP contribution in [-0.4, -0.2) is 13.1 Å². The molecule has 0 N–H and O–H groups in total. The van der Waals surface area contributed by atoms with Gasteiger partial charge in [-0.3, -0.25) is 0 Å². The lowest BCUT2D eigenvalue weighted by atomic mass is 10.1. The quantitative estimate of drug-likeness (QED) is 0.569. The van der Waals surface area contributed by atoms with Crippen LogP contribution in [-0.2, 0) is 10.1 Å². The minimum atomic E-state index is -0.348. The van der Waals surface area contributed by atoms with Crippen LogP contribution in [0, 0.1) is 0 Å². The van der Waals surface area contributed by atoms with Crippen molar-refractivity contribution in [1.29, 1.82) is 0 Å². The van der Waals surface area contributed by atoms with Gasteiger partial charge in [-0.1, -0.05) is 31.9 Å². The van der Waals surface area contributed by atoms with Gasteiger partial charge in [0.25, 0.3) is 0 Å². The van der Waals surface area contributed by atoms with Crippen molar-refractivity contribution >= 4 is 53.8 Å². The Morgan fingerprint density at radius 2 is 2.00 bits per heavy atom. The first-order chi connectivity index (χ1) is 6.60. The molecule has 0 heterocycles. The Morgan fingerprint density at radius 1 is 1.36 bits per heavy atom. The van der Waals surface area contributed by atoms with Crippen LogP contribution in [0.3, 0.4) is 0 Å². The van der Waals surface area contributed by atoms with Crippen molar-refractivity contribution in [3.8, 4) is 0 Å². The molecule has 0 saturated heterocycles. The number of methoxy groups -OCH3 is 1. The molecule has 1 aromatic rings. The topological polar surface area (TPSA) is 26.3 Å². The molecular formula is C9H7Br3O2. The fourth-order valence-corrected chi connectivity index (χ4v) is 2.83. The molecule has 14 heavy (non-hydrogen) atoms. The van der Waals surface area contributed by atoms with E-state index in [1.807, 2.05) is 6.07 Å². The summed E-state index contributed by atoms with van der Waals surface area (Å²) in [6.45, 7) is 0. The molecule has 0 radical (unpaired) electrons. The van der Waals surface area contributed by atoms with Crippen molar-refractivity contribution in [1.82, 2.24) is 0 Å². The van der Waals surface area contributed by atoms with Crippen molar-refractivity contribution in [3.63, 3.8) is 0 Å². The van der Waals surface area contributed by atoms with E-state index in [4.69, 9.17) is 0 Å². The van der Waals surface area contributed by atoms with Crippen molar-refractivity contribution in [2.45, 2.75) is 5.33 Å². The Hall–Kier alpha value is 0.130. The van der Waals surface area contributed by atoms with Gasteiger partial charge in [-0.25, -0.2) is 4.79 Å². The van der Waals surface area contributed by atoms with Gasteiger partial charge in [0.2, 0.25) is 0 Å². The van der Waals surface area contributed by atoms with Crippen LogP contribution in [0.25, 0.3) is 0 Å². The summed E-state index contributed by atoms with van der Waals surface area (Å²) in [5.74, 6) is -0.348. The molecule has 0 aliphatic carbocycles. The van der Waals surface area contributed by atoms with Crippen molar-refractivity contribution in [2.24, 2.45) is 0 Å². The van der Waals surface area contributed by atoms with Crippen LogP contribution >= 0.6 is 47.8 Å². The number of carbonyl (C=O) groups is 1. The molecule has 0 bridgehead atoms. The first-order valence-electron chi connectivity index (χ1n) is 3.72. The molecule has 0 unspecified atom stereocenters. The molecule has 0 aliphatic heterocycles. The third-order valence-corrected chi connectivity index (χ3v) is 3.68. The Balaban J connectivity index is 3.21. The van der Waals surface area contributed by atoms with Gasteiger partial charge < -0.3 is 4.74 Å². The number of hydrogen-bond donors (Lipinski definition) is 0. The SMILES string of the molecule is COC(=O)c1cc(Br)c(CBr)cc1Br. The number of esters is 1. The lowest BCUT2D eigenvalue weighted by Crippen LogP contribution is -2.03. The summed E-state index contributed by atoms with van der Waals surface area (Å²) in [5.41, 5.74) is 1.59. The van der Waals surface area contributed by atoms with Crippen LogP contribution in [0.4, 0.5) is 0 Å². The highest BCUT2D eigenvalue weighted by molar-refractivity contribution is 9.11. The number of rotatable bonds is 2. The minimum absolute atomic E-state index is 0.348. The molecule has 0 aliphatic rings. The maximum atomic E-state index is 11.3. The molecule has 1 rings (SSSR count). The van der Waals surface area contributed by atoms with Crippen LogP contribution in [0.1, 0.15) is 15.9 Å². The highest BCUT2D eigenvalue weighted by Gasteiger charge is 2.12. The second kappa shape index (κ2) is 5.28. The first-order valence-corrected chi connectivity index (χ1v) is 6.43. The molecule has 0 aromatic heterocycles. The van der Waals surface area contributed by atoms with E-state index >= 15 is 0 Å². The highest BCUT2D eigenvalue weighted by Crippen LogP contribution is 2.27. The average Bonchev–Trinajstić information content (AvgIpc) is 2.19. The van der Waals surface area contributed by atoms with Crippen LogP contribution in [0.15, 0.2) is 21.1 Å². The predicted octanol–water partition coefficient (Wildman–Crippen LogP) is 3.89. The van der Waals surface area contributed by atoms with Gasteiger partial charge in [0, 0.05) is 14.3 Å². The summed E-state index contributed by atoms with van der Waals surface area (Å²) >= 11 is 10.1. The molecule has 0 saturated carbocycles. The summed E-state index contributed by atoms with van der Waals surface area (Å²) < 4.78 is 6.27. The van der Waals surface area contributed by atoms with Crippen molar-refractivity contribution in [3.05, 3.63) is 32.2 Å². The van der Waals surface area contributed by atoms with Gasteiger partial charge in [0.1, 0.15) is 0 Å². The standard InChI is InChI=1S/C9H7Br3O2/c1-14-9(13)6-3-7(11)5(4-10)2-8(6)12/h2-3H,4H2,1H3. The summed E-state index contributed by atoms with van der Waals surface area (Å²) in [4.78, 5) is 11.3. The Labute approximate surface area is 107 Å². The third-order valence-electron chi connectivity index (χ3n) is 1.69. The van der Waals surface area contributed by atoms with E-state index in [0.717, 1.165) is 19.8 Å². The van der Waals surface area contributed by atoms with Crippen molar-refractivity contribution in [2.75, 3.05) is 7.11 Å². The largest absolute Gasteiger partial charge is 0.465 e. The highest BCUT2D eigenvalue weighted by atomic mass is 79.9. The summed E-state index contributed by atoms with van der Waals surface area (Å²) in [5, 5.41) is 0.730. The molecule has 2 nitrogen and oxygen atoms in total. The molecule has 0 amide bonds. The number of ether oxygens (including phenoxy) is 1. The van der Waals surface area contributed by atoms with E-state index in [9.17, 15) is 4.79 Å². The van der Waals surface area contributed by atoms with Gasteiger partial charge in [0.15, 0.2) is 0 Å². The number of benzene rings is 1. The number of halogens is 3. The van der Waals surface area contributed by atoms with Crippen molar-refractivity contribution < 1.29 is 9.53 Å². The van der Waals surface area contributed by atoms with E-state index in [1.54, 1.807) is 6.07 Å². The van der Waals surface area contributed by atoms with Crippen LogP contribution in [0.2, 0.25) is 0 Å². The number of alkyl halides is 1. The Bertz CT molecular complexity index is 363. The third kappa shape index (κ3) is 2.58. The molecule has 5 heteroatoms. The zero-order valence-electron chi connectivity index (χ0n) is 7.31. The van der Waals surface area contributed by atoms with Gasteiger partial charge in [0.05, 0.1) is 12.7 Å². The lowest BCUT2D eigenvalue weighted by Gasteiger charge is -2.06. The second-order valence-electron chi connectivity index (χ2n) is 2.55. The van der Waals surface area contributed by atoms with Gasteiger partial charge in [-0.2, -0.15) is 0 Å². The van der Waals surface area contributed by atoms with E-state index in [0.29, 0.717) is 5.56 Å².